The van der Waals surface area contributed by atoms with E-state index in [0.717, 1.165) is 17.7 Å². The van der Waals surface area contributed by atoms with E-state index in [1.807, 2.05) is 30.3 Å². The molecule has 0 bridgehead atoms. The molecule has 1 N–H and O–H groups in total. The zero-order valence-electron chi connectivity index (χ0n) is 13.2. The molecule has 2 amide bonds. The predicted octanol–water partition coefficient (Wildman–Crippen LogP) is 3.08. The summed E-state index contributed by atoms with van der Waals surface area (Å²) >= 11 is 0. The average molecular weight is 343 g/mol. The van der Waals surface area contributed by atoms with Gasteiger partial charge in [-0.2, -0.15) is 5.10 Å². The van der Waals surface area contributed by atoms with Crippen molar-refractivity contribution in [1.29, 1.82) is 0 Å². The minimum absolute atomic E-state index is 0.00305. The number of halogens is 2. The smallest absolute Gasteiger partial charge is 0.271 e. The van der Waals surface area contributed by atoms with E-state index in [-0.39, 0.29) is 36.7 Å². The van der Waals surface area contributed by atoms with Crippen molar-refractivity contribution in [2.75, 3.05) is 5.32 Å². The van der Waals surface area contributed by atoms with E-state index in [4.69, 9.17) is 0 Å². The van der Waals surface area contributed by atoms with Crippen LogP contribution < -0.4 is 5.32 Å². The van der Waals surface area contributed by atoms with Crippen molar-refractivity contribution in [2.45, 2.75) is 19.4 Å². The van der Waals surface area contributed by atoms with Crippen molar-refractivity contribution in [3.05, 3.63) is 65.7 Å². The third kappa shape index (κ3) is 4.26. The second-order valence-electron chi connectivity index (χ2n) is 5.60. The maximum absolute atomic E-state index is 13.2. The molecule has 128 valence electrons. The number of rotatable bonds is 4. The fraction of sp³-hybridized carbons (Fsp3) is 0.167. The first-order valence-corrected chi connectivity index (χ1v) is 7.70. The number of nitrogens with zero attached hydrogens (tertiary/aromatic N) is 2. The topological polar surface area (TPSA) is 61.8 Å². The lowest BCUT2D eigenvalue weighted by atomic mass is 10.1. The van der Waals surface area contributed by atoms with E-state index in [2.05, 4.69) is 10.4 Å². The molecule has 0 unspecified atom stereocenters. The van der Waals surface area contributed by atoms with E-state index >= 15 is 0 Å². The summed E-state index contributed by atoms with van der Waals surface area (Å²) < 4.78 is 26.4. The SMILES string of the molecule is O=C(Nc1cc(F)cc(F)c1)C1=NN(Cc2ccccc2)C(=O)CC1. The Bertz CT molecular complexity index is 817. The van der Waals surface area contributed by atoms with Crippen LogP contribution in [0.2, 0.25) is 0 Å². The van der Waals surface area contributed by atoms with Gasteiger partial charge >= 0.3 is 0 Å². The minimum Gasteiger partial charge on any atom is -0.321 e. The first-order chi connectivity index (χ1) is 12.0. The Kier molecular flexibility index (Phi) is 4.83. The number of hydrogen-bond acceptors (Lipinski definition) is 3. The van der Waals surface area contributed by atoms with E-state index in [1.54, 1.807) is 0 Å². The number of hydrogen-bond donors (Lipinski definition) is 1. The van der Waals surface area contributed by atoms with E-state index in [9.17, 15) is 18.4 Å². The number of carbonyl (C=O) groups is 2. The molecule has 1 aliphatic heterocycles. The van der Waals surface area contributed by atoms with Crippen LogP contribution in [0.1, 0.15) is 18.4 Å². The molecular weight excluding hydrogens is 328 g/mol. The number of anilines is 1. The molecule has 2 aromatic rings. The molecule has 7 heteroatoms. The van der Waals surface area contributed by atoms with Crippen LogP contribution in [0, 0.1) is 11.6 Å². The molecule has 0 fully saturated rings. The monoisotopic (exact) mass is 343 g/mol. The van der Waals surface area contributed by atoms with Crippen molar-refractivity contribution in [3.63, 3.8) is 0 Å². The predicted molar refractivity (Wildman–Crippen MR) is 88.6 cm³/mol. The van der Waals surface area contributed by atoms with Gasteiger partial charge in [-0.15, -0.1) is 0 Å². The Morgan fingerprint density at radius 2 is 1.76 bits per heavy atom. The van der Waals surface area contributed by atoms with Crippen molar-refractivity contribution < 1.29 is 18.4 Å². The molecule has 0 spiro atoms. The summed E-state index contributed by atoms with van der Waals surface area (Å²) in [6.45, 7) is 0.255. The molecular formula is C18H15F2N3O2. The highest BCUT2D eigenvalue weighted by molar-refractivity contribution is 6.43. The van der Waals surface area contributed by atoms with E-state index < -0.39 is 17.5 Å². The quantitative estimate of drug-likeness (QED) is 0.927. The van der Waals surface area contributed by atoms with Gasteiger partial charge in [0.25, 0.3) is 5.91 Å². The Balaban J connectivity index is 1.75. The summed E-state index contributed by atoms with van der Waals surface area (Å²) in [5, 5.41) is 7.74. The molecule has 0 aromatic heterocycles. The fourth-order valence-corrected chi connectivity index (χ4v) is 2.47. The van der Waals surface area contributed by atoms with Crippen LogP contribution in [0.15, 0.2) is 53.6 Å². The molecule has 2 aromatic carbocycles. The third-order valence-corrected chi connectivity index (χ3v) is 3.66. The summed E-state index contributed by atoms with van der Waals surface area (Å²) in [4.78, 5) is 24.3. The minimum atomic E-state index is -0.790. The van der Waals surface area contributed by atoms with Gasteiger partial charge in [0.2, 0.25) is 5.91 Å². The highest BCUT2D eigenvalue weighted by atomic mass is 19.1. The summed E-state index contributed by atoms with van der Waals surface area (Å²) in [6.07, 6.45) is 0.324. The van der Waals surface area contributed by atoms with Gasteiger partial charge in [-0.1, -0.05) is 30.3 Å². The summed E-state index contributed by atoms with van der Waals surface area (Å²) in [6, 6.07) is 12.0. The number of hydrazone groups is 1. The second-order valence-corrected chi connectivity index (χ2v) is 5.60. The Labute approximate surface area is 143 Å². The molecule has 0 radical (unpaired) electrons. The zero-order chi connectivity index (χ0) is 17.8. The Morgan fingerprint density at radius 3 is 2.44 bits per heavy atom. The lowest BCUT2D eigenvalue weighted by Crippen LogP contribution is -2.36. The normalized spacial score (nSPS) is 14.2. The van der Waals surface area contributed by atoms with Crippen molar-refractivity contribution in [2.24, 2.45) is 5.10 Å². The van der Waals surface area contributed by atoms with Crippen LogP contribution in [0.25, 0.3) is 0 Å². The van der Waals surface area contributed by atoms with Gasteiger partial charge in [-0.3, -0.25) is 9.59 Å². The number of carbonyl (C=O) groups excluding carboxylic acids is 2. The molecule has 0 saturated carbocycles. The maximum Gasteiger partial charge on any atom is 0.271 e. The van der Waals surface area contributed by atoms with Gasteiger partial charge in [-0.05, 0) is 17.7 Å². The Hall–Kier alpha value is -3.09. The van der Waals surface area contributed by atoms with Crippen molar-refractivity contribution in [3.8, 4) is 0 Å². The van der Waals surface area contributed by atoms with Gasteiger partial charge in [0, 0.05) is 24.6 Å². The molecule has 0 saturated heterocycles. The molecule has 5 nitrogen and oxygen atoms in total. The molecule has 1 aliphatic rings. The lowest BCUT2D eigenvalue weighted by molar-refractivity contribution is -0.132. The van der Waals surface area contributed by atoms with Crippen molar-refractivity contribution in [1.82, 2.24) is 5.01 Å². The number of benzene rings is 2. The van der Waals surface area contributed by atoms with Gasteiger partial charge in [-0.25, -0.2) is 13.8 Å². The van der Waals surface area contributed by atoms with Crippen LogP contribution in [-0.2, 0) is 16.1 Å². The van der Waals surface area contributed by atoms with Crippen molar-refractivity contribution >= 4 is 23.2 Å². The van der Waals surface area contributed by atoms with Crippen LogP contribution in [0.5, 0.6) is 0 Å². The lowest BCUT2D eigenvalue weighted by Gasteiger charge is -2.23. The zero-order valence-corrected chi connectivity index (χ0v) is 13.2. The molecule has 3 rings (SSSR count). The first-order valence-electron chi connectivity index (χ1n) is 7.70. The third-order valence-electron chi connectivity index (χ3n) is 3.66. The second kappa shape index (κ2) is 7.21. The van der Waals surface area contributed by atoms with Gasteiger partial charge in [0.1, 0.15) is 17.3 Å². The van der Waals surface area contributed by atoms with Crippen LogP contribution in [-0.4, -0.2) is 22.5 Å². The van der Waals surface area contributed by atoms with E-state index in [1.165, 1.54) is 5.01 Å². The molecule has 0 atom stereocenters. The summed E-state index contributed by atoms with van der Waals surface area (Å²) in [7, 11) is 0. The van der Waals surface area contributed by atoms with Gasteiger partial charge in [0.05, 0.1) is 6.54 Å². The molecule has 1 heterocycles. The molecule has 25 heavy (non-hydrogen) atoms. The van der Waals surface area contributed by atoms with Crippen LogP contribution in [0.3, 0.4) is 0 Å². The van der Waals surface area contributed by atoms with E-state index in [0.29, 0.717) is 6.07 Å². The largest absolute Gasteiger partial charge is 0.321 e. The highest BCUT2D eigenvalue weighted by Crippen LogP contribution is 2.16. The maximum atomic E-state index is 13.2. The standard InChI is InChI=1S/C18H15F2N3O2/c19-13-8-14(20)10-15(9-13)21-18(25)16-6-7-17(24)23(22-16)11-12-4-2-1-3-5-12/h1-5,8-10H,6-7,11H2,(H,21,25). The molecule has 0 aliphatic carbocycles. The Morgan fingerprint density at radius 1 is 1.08 bits per heavy atom. The van der Waals surface area contributed by atoms with Crippen LogP contribution in [0.4, 0.5) is 14.5 Å². The van der Waals surface area contributed by atoms with Crippen LogP contribution >= 0.6 is 0 Å². The summed E-state index contributed by atoms with van der Waals surface area (Å²) in [5.41, 5.74) is 1.02. The van der Waals surface area contributed by atoms with Gasteiger partial charge in [0.15, 0.2) is 0 Å². The average Bonchev–Trinajstić information content (AvgIpc) is 2.57. The van der Waals surface area contributed by atoms with Gasteiger partial charge < -0.3 is 5.32 Å². The first kappa shape index (κ1) is 16.8. The fourth-order valence-electron chi connectivity index (χ4n) is 2.47. The highest BCUT2D eigenvalue weighted by Gasteiger charge is 2.24. The summed E-state index contributed by atoms with van der Waals surface area (Å²) in [5.74, 6) is -2.35. The number of amides is 2. The number of nitrogens with one attached hydrogen (secondary N) is 1.